The zero-order valence-corrected chi connectivity index (χ0v) is 9.12. The SMILES string of the molecule is CC(C)CN[C@@H]1CCCC[C@H]1C(=O)O. The Morgan fingerprint density at radius 2 is 2.07 bits per heavy atom. The summed E-state index contributed by atoms with van der Waals surface area (Å²) in [6.07, 6.45) is 4.09. The molecule has 1 fully saturated rings. The van der Waals surface area contributed by atoms with Crippen molar-refractivity contribution in [3.05, 3.63) is 0 Å². The predicted octanol–water partition coefficient (Wildman–Crippen LogP) is 1.88. The smallest absolute Gasteiger partial charge is 0.308 e. The lowest BCUT2D eigenvalue weighted by molar-refractivity contribution is -0.143. The number of hydrogen-bond donors (Lipinski definition) is 2. The summed E-state index contributed by atoms with van der Waals surface area (Å²) < 4.78 is 0. The van der Waals surface area contributed by atoms with Gasteiger partial charge in [-0.1, -0.05) is 26.7 Å². The predicted molar refractivity (Wildman–Crippen MR) is 56.2 cm³/mol. The maximum Gasteiger partial charge on any atom is 0.308 e. The van der Waals surface area contributed by atoms with Crippen LogP contribution < -0.4 is 5.32 Å². The number of nitrogens with one attached hydrogen (secondary N) is 1. The Morgan fingerprint density at radius 1 is 1.43 bits per heavy atom. The van der Waals surface area contributed by atoms with E-state index in [0.717, 1.165) is 25.8 Å². The molecule has 1 rings (SSSR count). The Hall–Kier alpha value is -0.570. The van der Waals surface area contributed by atoms with Gasteiger partial charge in [-0.25, -0.2) is 0 Å². The first-order valence-electron chi connectivity index (χ1n) is 5.57. The van der Waals surface area contributed by atoms with Gasteiger partial charge in [0.15, 0.2) is 0 Å². The van der Waals surface area contributed by atoms with Crippen molar-refractivity contribution in [2.24, 2.45) is 11.8 Å². The molecule has 1 saturated carbocycles. The summed E-state index contributed by atoms with van der Waals surface area (Å²) in [5.74, 6) is -0.208. The largest absolute Gasteiger partial charge is 0.481 e. The fourth-order valence-electron chi connectivity index (χ4n) is 2.06. The highest BCUT2D eigenvalue weighted by molar-refractivity contribution is 5.71. The number of aliphatic carboxylic acids is 1. The first-order chi connectivity index (χ1) is 6.61. The van der Waals surface area contributed by atoms with E-state index in [-0.39, 0.29) is 12.0 Å². The molecule has 0 spiro atoms. The quantitative estimate of drug-likeness (QED) is 0.726. The van der Waals surface area contributed by atoms with Gasteiger partial charge in [0.05, 0.1) is 5.92 Å². The summed E-state index contributed by atoms with van der Waals surface area (Å²) in [6.45, 7) is 5.21. The molecule has 0 radical (unpaired) electrons. The molecule has 2 atom stereocenters. The van der Waals surface area contributed by atoms with Crippen molar-refractivity contribution >= 4 is 5.97 Å². The standard InChI is InChI=1S/C11H21NO2/c1-8(2)7-12-10-6-4-3-5-9(10)11(13)14/h8-10,12H,3-7H2,1-2H3,(H,13,14)/t9-,10-/m1/s1. The average molecular weight is 199 g/mol. The number of hydrogen-bond acceptors (Lipinski definition) is 2. The Balaban J connectivity index is 2.42. The molecular weight excluding hydrogens is 178 g/mol. The van der Waals surface area contributed by atoms with Crippen molar-refractivity contribution in [2.75, 3.05) is 6.54 Å². The molecule has 0 aromatic heterocycles. The molecular formula is C11H21NO2. The van der Waals surface area contributed by atoms with E-state index in [1.807, 2.05) is 0 Å². The lowest BCUT2D eigenvalue weighted by atomic mass is 9.84. The summed E-state index contributed by atoms with van der Waals surface area (Å²) in [5, 5.41) is 12.4. The van der Waals surface area contributed by atoms with Gasteiger partial charge in [-0.2, -0.15) is 0 Å². The van der Waals surface area contributed by atoms with Gasteiger partial charge in [0.1, 0.15) is 0 Å². The fourth-order valence-corrected chi connectivity index (χ4v) is 2.06. The lowest BCUT2D eigenvalue weighted by Crippen LogP contribution is -2.43. The van der Waals surface area contributed by atoms with Gasteiger partial charge >= 0.3 is 5.97 Å². The minimum Gasteiger partial charge on any atom is -0.481 e. The minimum absolute atomic E-state index is 0.164. The van der Waals surface area contributed by atoms with E-state index in [0.29, 0.717) is 5.92 Å². The Morgan fingerprint density at radius 3 is 2.64 bits per heavy atom. The van der Waals surface area contributed by atoms with Crippen LogP contribution in [0.4, 0.5) is 0 Å². The number of rotatable bonds is 4. The molecule has 0 aromatic carbocycles. The topological polar surface area (TPSA) is 49.3 Å². The van der Waals surface area contributed by atoms with E-state index in [4.69, 9.17) is 5.11 Å². The summed E-state index contributed by atoms with van der Waals surface area (Å²) in [5.41, 5.74) is 0. The maximum absolute atomic E-state index is 11.0. The van der Waals surface area contributed by atoms with Crippen LogP contribution in [-0.2, 0) is 4.79 Å². The van der Waals surface area contributed by atoms with Crippen molar-refractivity contribution < 1.29 is 9.90 Å². The van der Waals surface area contributed by atoms with Gasteiger partial charge in [0.25, 0.3) is 0 Å². The molecule has 0 amide bonds. The van der Waals surface area contributed by atoms with Gasteiger partial charge < -0.3 is 10.4 Å². The maximum atomic E-state index is 11.0. The molecule has 0 unspecified atom stereocenters. The number of carboxylic acid groups (broad SMARTS) is 1. The van der Waals surface area contributed by atoms with Crippen LogP contribution in [0.15, 0.2) is 0 Å². The van der Waals surface area contributed by atoms with Crippen LogP contribution in [0.2, 0.25) is 0 Å². The number of carboxylic acids is 1. The highest BCUT2D eigenvalue weighted by Gasteiger charge is 2.30. The molecule has 3 heteroatoms. The second-order valence-corrected chi connectivity index (χ2v) is 4.64. The molecule has 0 heterocycles. The van der Waals surface area contributed by atoms with E-state index >= 15 is 0 Å². The molecule has 14 heavy (non-hydrogen) atoms. The average Bonchev–Trinajstić information content (AvgIpc) is 2.15. The van der Waals surface area contributed by atoms with Crippen LogP contribution >= 0.6 is 0 Å². The third-order valence-electron chi connectivity index (χ3n) is 2.87. The molecule has 0 bridgehead atoms. The van der Waals surface area contributed by atoms with Gasteiger partial charge in [-0.15, -0.1) is 0 Å². The Labute approximate surface area is 85.9 Å². The van der Waals surface area contributed by atoms with Crippen LogP contribution in [0, 0.1) is 11.8 Å². The monoisotopic (exact) mass is 199 g/mol. The van der Waals surface area contributed by atoms with Crippen molar-refractivity contribution in [1.29, 1.82) is 0 Å². The van der Waals surface area contributed by atoms with Gasteiger partial charge in [0, 0.05) is 6.04 Å². The van der Waals surface area contributed by atoms with Gasteiger partial charge in [0.2, 0.25) is 0 Å². The molecule has 82 valence electrons. The van der Waals surface area contributed by atoms with Crippen LogP contribution in [0.5, 0.6) is 0 Å². The zero-order valence-electron chi connectivity index (χ0n) is 9.12. The van der Waals surface area contributed by atoms with Gasteiger partial charge in [-0.05, 0) is 25.3 Å². The van der Waals surface area contributed by atoms with Crippen LogP contribution in [0.3, 0.4) is 0 Å². The van der Waals surface area contributed by atoms with E-state index in [2.05, 4.69) is 19.2 Å². The highest BCUT2D eigenvalue weighted by atomic mass is 16.4. The van der Waals surface area contributed by atoms with Crippen molar-refractivity contribution in [3.8, 4) is 0 Å². The first kappa shape index (κ1) is 11.5. The summed E-state index contributed by atoms with van der Waals surface area (Å²) in [7, 11) is 0. The van der Waals surface area contributed by atoms with Gasteiger partial charge in [-0.3, -0.25) is 4.79 Å². The van der Waals surface area contributed by atoms with Crippen LogP contribution in [0.1, 0.15) is 39.5 Å². The second-order valence-electron chi connectivity index (χ2n) is 4.64. The Kier molecular flexibility index (Phi) is 4.39. The second kappa shape index (κ2) is 5.35. The van der Waals surface area contributed by atoms with E-state index < -0.39 is 5.97 Å². The molecule has 1 aliphatic rings. The Bertz CT molecular complexity index is 192. The highest BCUT2D eigenvalue weighted by Crippen LogP contribution is 2.24. The fraction of sp³-hybridized carbons (Fsp3) is 0.909. The normalized spacial score (nSPS) is 27.9. The molecule has 1 aliphatic carbocycles. The van der Waals surface area contributed by atoms with Crippen molar-refractivity contribution in [1.82, 2.24) is 5.32 Å². The molecule has 0 aliphatic heterocycles. The summed E-state index contributed by atoms with van der Waals surface area (Å²) in [6, 6.07) is 0.198. The van der Waals surface area contributed by atoms with Crippen LogP contribution in [-0.4, -0.2) is 23.7 Å². The van der Waals surface area contributed by atoms with E-state index in [1.165, 1.54) is 6.42 Å². The first-order valence-corrected chi connectivity index (χ1v) is 5.57. The van der Waals surface area contributed by atoms with E-state index in [9.17, 15) is 4.79 Å². The minimum atomic E-state index is -0.633. The summed E-state index contributed by atoms with van der Waals surface area (Å²) in [4.78, 5) is 11.0. The van der Waals surface area contributed by atoms with Crippen molar-refractivity contribution in [2.45, 2.75) is 45.6 Å². The molecule has 2 N–H and O–H groups in total. The molecule has 3 nitrogen and oxygen atoms in total. The molecule has 0 aromatic rings. The third-order valence-corrected chi connectivity index (χ3v) is 2.87. The lowest BCUT2D eigenvalue weighted by Gasteiger charge is -2.30. The third kappa shape index (κ3) is 3.29. The van der Waals surface area contributed by atoms with E-state index in [1.54, 1.807) is 0 Å². The van der Waals surface area contributed by atoms with Crippen molar-refractivity contribution in [3.63, 3.8) is 0 Å². The zero-order chi connectivity index (χ0) is 10.6. The number of carbonyl (C=O) groups is 1. The van der Waals surface area contributed by atoms with Crippen LogP contribution in [0.25, 0.3) is 0 Å². The molecule has 0 saturated heterocycles. The summed E-state index contributed by atoms with van der Waals surface area (Å²) >= 11 is 0.